The molecule has 0 aliphatic rings. The van der Waals surface area contributed by atoms with Crippen LogP contribution in [0.2, 0.25) is 0 Å². The summed E-state index contributed by atoms with van der Waals surface area (Å²) >= 11 is 1.22. The molecule has 70 valence electrons. The van der Waals surface area contributed by atoms with Crippen LogP contribution in [0.15, 0.2) is 11.8 Å². The smallest absolute Gasteiger partial charge is 0.303 e. The second-order valence-corrected chi connectivity index (χ2v) is 2.64. The van der Waals surface area contributed by atoms with E-state index in [2.05, 4.69) is 16.6 Å². The number of ketones is 1. The van der Waals surface area contributed by atoms with Crippen molar-refractivity contribution in [3.63, 3.8) is 0 Å². The van der Waals surface area contributed by atoms with Crippen molar-refractivity contribution in [1.29, 1.82) is 0 Å². The molecular weight excluding hydrogens is 190 g/mol. The Hall–Kier alpha value is -1.41. The van der Waals surface area contributed by atoms with Gasteiger partial charge in [0.25, 0.3) is 0 Å². The summed E-state index contributed by atoms with van der Waals surface area (Å²) in [5.41, 5.74) is -0.0246. The van der Waals surface area contributed by atoms with Crippen LogP contribution < -0.4 is 5.32 Å². The number of amides is 1. The van der Waals surface area contributed by atoms with Crippen LogP contribution in [0.3, 0.4) is 0 Å². The highest BCUT2D eigenvalue weighted by Gasteiger charge is 2.13. The second kappa shape index (κ2) is 6.14. The molecule has 0 saturated carbocycles. The largest absolute Gasteiger partial charge is 0.515 e. The van der Waals surface area contributed by atoms with Crippen molar-refractivity contribution in [1.82, 2.24) is 5.32 Å². The van der Waals surface area contributed by atoms with Crippen LogP contribution in [-0.2, 0) is 9.59 Å². The lowest BCUT2D eigenvalue weighted by molar-refractivity contribution is -0.135. The van der Waals surface area contributed by atoms with Crippen LogP contribution in [0.25, 0.3) is 0 Å². The molecule has 0 saturated heterocycles. The first-order valence-electron chi connectivity index (χ1n) is 3.32. The normalized spacial score (nSPS) is 9.85. The Labute approximate surface area is 80.4 Å². The molecular formula is C8H9NO3S. The van der Waals surface area contributed by atoms with E-state index in [1.165, 1.54) is 18.7 Å². The van der Waals surface area contributed by atoms with Gasteiger partial charge in [0, 0.05) is 11.6 Å². The van der Waals surface area contributed by atoms with E-state index in [0.29, 0.717) is 6.26 Å². The maximum absolute atomic E-state index is 11.0. The molecule has 0 aromatic heterocycles. The van der Waals surface area contributed by atoms with Crippen molar-refractivity contribution < 1.29 is 14.7 Å². The highest BCUT2D eigenvalue weighted by atomic mass is 32.2. The van der Waals surface area contributed by atoms with Gasteiger partial charge in [0.15, 0.2) is 0 Å². The van der Waals surface area contributed by atoms with Crippen molar-refractivity contribution >= 4 is 23.5 Å². The predicted molar refractivity (Wildman–Crippen MR) is 50.8 cm³/mol. The van der Waals surface area contributed by atoms with E-state index in [0.717, 1.165) is 0 Å². The molecule has 0 spiro atoms. The quantitative estimate of drug-likeness (QED) is 0.222. The van der Waals surface area contributed by atoms with Gasteiger partial charge in [0.2, 0.25) is 5.78 Å². The van der Waals surface area contributed by atoms with E-state index in [4.69, 9.17) is 5.11 Å². The third-order valence-electron chi connectivity index (χ3n) is 1.09. The van der Waals surface area contributed by atoms with E-state index < -0.39 is 11.7 Å². The fraction of sp³-hybridized carbons (Fsp3) is 0.250. The number of carbonyl (C=O) groups excluding carboxylic acids is 2. The highest BCUT2D eigenvalue weighted by Crippen LogP contribution is 1.92. The number of hydrogen-bond acceptors (Lipinski definition) is 4. The van der Waals surface area contributed by atoms with Gasteiger partial charge in [-0.1, -0.05) is 11.8 Å². The third kappa shape index (κ3) is 4.23. The molecule has 1 amide bonds. The van der Waals surface area contributed by atoms with Crippen molar-refractivity contribution in [3.05, 3.63) is 11.8 Å². The summed E-state index contributed by atoms with van der Waals surface area (Å²) in [6, 6.07) is 2.28. The molecule has 0 aromatic rings. The summed E-state index contributed by atoms with van der Waals surface area (Å²) in [6.07, 6.45) is 2.32. The van der Waals surface area contributed by atoms with Gasteiger partial charge in [0.1, 0.15) is 0 Å². The van der Waals surface area contributed by atoms with Gasteiger partial charge in [-0.15, -0.1) is 0 Å². The second-order valence-electron chi connectivity index (χ2n) is 2.03. The first kappa shape index (κ1) is 11.6. The van der Waals surface area contributed by atoms with Gasteiger partial charge in [-0.3, -0.25) is 14.9 Å². The summed E-state index contributed by atoms with van der Waals surface area (Å²) in [4.78, 5) is 21.8. The van der Waals surface area contributed by atoms with Crippen molar-refractivity contribution in [2.45, 2.75) is 6.92 Å². The number of thioether (sulfide) groups is 1. The minimum atomic E-state index is -0.843. The Morgan fingerprint density at radius 2 is 2.15 bits per heavy atom. The molecule has 0 heterocycles. The Bertz CT molecular complexity index is 298. The molecule has 4 nitrogen and oxygen atoms in total. The summed E-state index contributed by atoms with van der Waals surface area (Å²) < 4.78 is 0. The van der Waals surface area contributed by atoms with Crippen LogP contribution in [0.1, 0.15) is 6.92 Å². The fourth-order valence-electron chi connectivity index (χ4n) is 0.428. The molecule has 0 atom stereocenters. The minimum absolute atomic E-state index is 0.0246. The van der Waals surface area contributed by atoms with Crippen LogP contribution in [0.5, 0.6) is 0 Å². The highest BCUT2D eigenvalue weighted by molar-refractivity contribution is 8.03. The Balaban J connectivity index is 4.21. The Morgan fingerprint density at radius 3 is 2.62 bits per heavy atom. The van der Waals surface area contributed by atoms with Gasteiger partial charge >= 0.3 is 5.91 Å². The monoisotopic (exact) mass is 199 g/mol. The minimum Gasteiger partial charge on any atom is -0.515 e. The number of hydrogen-bond donors (Lipinski definition) is 2. The van der Waals surface area contributed by atoms with Crippen molar-refractivity contribution in [2.24, 2.45) is 0 Å². The number of Topliss-reactive ketones (excluding diaryl/α,β-unsaturated/α-hetero) is 1. The van der Waals surface area contributed by atoms with Crippen LogP contribution in [0.4, 0.5) is 0 Å². The molecule has 13 heavy (non-hydrogen) atoms. The van der Waals surface area contributed by atoms with Crippen LogP contribution in [-0.4, -0.2) is 23.1 Å². The summed E-state index contributed by atoms with van der Waals surface area (Å²) in [7, 11) is 0. The topological polar surface area (TPSA) is 66.4 Å². The number of aliphatic hydroxyl groups excluding tert-OH is 1. The van der Waals surface area contributed by atoms with Gasteiger partial charge in [0.05, 0.1) is 6.26 Å². The maximum atomic E-state index is 11.0. The van der Waals surface area contributed by atoms with Crippen LogP contribution >= 0.6 is 11.8 Å². The third-order valence-corrected chi connectivity index (χ3v) is 1.39. The number of rotatable bonds is 2. The van der Waals surface area contributed by atoms with Crippen molar-refractivity contribution in [2.75, 3.05) is 6.26 Å². The summed E-state index contributed by atoms with van der Waals surface area (Å²) in [5.74, 6) is -1.64. The molecule has 5 heteroatoms. The number of nitrogens with one attached hydrogen (secondary N) is 1. The SMILES string of the molecule is CSC#CNC(=O)C(=O)/C(C)=C/O. The zero-order valence-electron chi connectivity index (χ0n) is 7.25. The molecule has 0 radical (unpaired) electrons. The Kier molecular flexibility index (Phi) is 5.48. The number of aliphatic hydroxyl groups is 1. The first-order valence-corrected chi connectivity index (χ1v) is 4.54. The van der Waals surface area contributed by atoms with Crippen molar-refractivity contribution in [3.8, 4) is 11.3 Å². The Morgan fingerprint density at radius 1 is 1.54 bits per heavy atom. The van der Waals surface area contributed by atoms with Gasteiger partial charge in [-0.05, 0) is 18.4 Å². The molecule has 0 aliphatic heterocycles. The van der Waals surface area contributed by atoms with E-state index in [1.807, 2.05) is 0 Å². The molecule has 0 aromatic carbocycles. The fourth-order valence-corrected chi connectivity index (χ4v) is 0.581. The summed E-state index contributed by atoms with van der Waals surface area (Å²) in [6.45, 7) is 1.34. The zero-order chi connectivity index (χ0) is 10.3. The lowest BCUT2D eigenvalue weighted by Crippen LogP contribution is -2.27. The van der Waals surface area contributed by atoms with Gasteiger partial charge in [-0.25, -0.2) is 0 Å². The molecule has 2 N–H and O–H groups in total. The van der Waals surface area contributed by atoms with Gasteiger partial charge in [-0.2, -0.15) is 0 Å². The lowest BCUT2D eigenvalue weighted by Gasteiger charge is -1.95. The van der Waals surface area contributed by atoms with E-state index in [9.17, 15) is 9.59 Å². The lowest BCUT2D eigenvalue weighted by atomic mass is 10.2. The molecule has 0 aliphatic carbocycles. The predicted octanol–water partition coefficient (Wildman–Crippen LogP) is 0.415. The average Bonchev–Trinajstić information content (AvgIpc) is 2.15. The molecule has 0 rings (SSSR count). The molecule has 0 bridgehead atoms. The summed E-state index contributed by atoms with van der Waals surface area (Å²) in [5, 5.41) is 13.0. The number of carbonyl (C=O) groups is 2. The first-order chi connectivity index (χ1) is 6.13. The zero-order valence-corrected chi connectivity index (χ0v) is 8.07. The van der Waals surface area contributed by atoms with E-state index in [-0.39, 0.29) is 5.57 Å². The van der Waals surface area contributed by atoms with Gasteiger partial charge < -0.3 is 5.11 Å². The molecule has 0 fully saturated rings. The average molecular weight is 199 g/mol. The maximum Gasteiger partial charge on any atom is 0.303 e. The van der Waals surface area contributed by atoms with E-state index in [1.54, 1.807) is 6.26 Å². The standard InChI is InChI=1S/C8H9NO3S/c1-6(5-10)7(11)8(12)9-3-4-13-2/h5,10H,1-2H3,(H,9,12)/b6-5+. The molecule has 0 unspecified atom stereocenters. The van der Waals surface area contributed by atoms with E-state index >= 15 is 0 Å². The van der Waals surface area contributed by atoms with Crippen LogP contribution in [0, 0.1) is 11.3 Å².